The van der Waals surface area contributed by atoms with E-state index in [1.807, 2.05) is 6.20 Å². The highest BCUT2D eigenvalue weighted by molar-refractivity contribution is 8.00. The average molecular weight is 348 g/mol. The maximum Gasteiger partial charge on any atom is 0.191 e. The third kappa shape index (κ3) is 5.03. The van der Waals surface area contributed by atoms with Crippen LogP contribution < -0.4 is 15.5 Å². The molecule has 2 saturated heterocycles. The molecule has 6 heteroatoms. The number of thioether (sulfide) groups is 1. The predicted octanol–water partition coefficient (Wildman–Crippen LogP) is 2.63. The molecule has 0 aromatic carbocycles. The van der Waals surface area contributed by atoms with Gasteiger partial charge >= 0.3 is 0 Å². The molecule has 3 heterocycles. The van der Waals surface area contributed by atoms with Gasteiger partial charge in [0.1, 0.15) is 5.82 Å². The molecule has 0 bridgehead atoms. The van der Waals surface area contributed by atoms with Crippen molar-refractivity contribution in [3.05, 3.63) is 23.9 Å². The van der Waals surface area contributed by atoms with E-state index < -0.39 is 0 Å². The summed E-state index contributed by atoms with van der Waals surface area (Å²) in [6.07, 6.45) is 7.13. The van der Waals surface area contributed by atoms with Gasteiger partial charge in [-0.1, -0.05) is 0 Å². The van der Waals surface area contributed by atoms with Crippen molar-refractivity contribution in [1.29, 1.82) is 0 Å². The van der Waals surface area contributed by atoms with Gasteiger partial charge in [0.15, 0.2) is 5.96 Å². The van der Waals surface area contributed by atoms with Crippen LogP contribution in [0.15, 0.2) is 23.3 Å². The van der Waals surface area contributed by atoms with E-state index in [9.17, 15) is 0 Å². The standard InChI is InChI=1S/C18H29N5S/c1-2-19-18(22-14-16-6-5-11-24-16)21-13-15-7-8-20-17(12-15)23-9-3-4-10-23/h7-8,12,16H,2-6,9-11,13-14H2,1H3,(H2,19,21,22). The van der Waals surface area contributed by atoms with Crippen molar-refractivity contribution in [3.8, 4) is 0 Å². The Morgan fingerprint density at radius 3 is 2.96 bits per heavy atom. The van der Waals surface area contributed by atoms with Crippen molar-refractivity contribution >= 4 is 23.5 Å². The van der Waals surface area contributed by atoms with Gasteiger partial charge in [0.05, 0.1) is 6.54 Å². The van der Waals surface area contributed by atoms with E-state index in [2.05, 4.69) is 51.3 Å². The molecule has 5 nitrogen and oxygen atoms in total. The number of anilines is 1. The van der Waals surface area contributed by atoms with Crippen molar-refractivity contribution in [2.24, 2.45) is 4.99 Å². The van der Waals surface area contributed by atoms with Crippen molar-refractivity contribution in [2.45, 2.75) is 44.4 Å². The Balaban J connectivity index is 1.57. The van der Waals surface area contributed by atoms with Crippen molar-refractivity contribution in [3.63, 3.8) is 0 Å². The molecule has 2 aliphatic heterocycles. The Bertz CT molecular complexity index is 536. The molecule has 1 atom stereocenters. The SMILES string of the molecule is CCNC(=NCc1ccnc(N2CCCC2)c1)NCC1CCCS1. The average Bonchev–Trinajstić information content (AvgIpc) is 3.31. The van der Waals surface area contributed by atoms with Gasteiger partial charge in [0.25, 0.3) is 0 Å². The molecule has 2 fully saturated rings. The fourth-order valence-corrected chi connectivity index (χ4v) is 4.41. The highest BCUT2D eigenvalue weighted by atomic mass is 32.2. The number of aliphatic imine (C=N–C) groups is 1. The van der Waals surface area contributed by atoms with Crippen molar-refractivity contribution in [1.82, 2.24) is 15.6 Å². The molecule has 24 heavy (non-hydrogen) atoms. The smallest absolute Gasteiger partial charge is 0.191 e. The number of nitrogens with one attached hydrogen (secondary N) is 2. The molecule has 1 aromatic heterocycles. The van der Waals surface area contributed by atoms with Crippen molar-refractivity contribution < 1.29 is 0 Å². The molecule has 0 radical (unpaired) electrons. The largest absolute Gasteiger partial charge is 0.357 e. The van der Waals surface area contributed by atoms with E-state index in [4.69, 9.17) is 4.99 Å². The van der Waals surface area contributed by atoms with Gasteiger partial charge in [-0.3, -0.25) is 0 Å². The number of hydrogen-bond donors (Lipinski definition) is 2. The van der Waals surface area contributed by atoms with Crippen LogP contribution in [0.3, 0.4) is 0 Å². The molecule has 0 amide bonds. The fraction of sp³-hybridized carbons (Fsp3) is 0.667. The van der Waals surface area contributed by atoms with Gasteiger partial charge < -0.3 is 15.5 Å². The fourth-order valence-electron chi connectivity index (χ4n) is 3.21. The van der Waals surface area contributed by atoms with Gasteiger partial charge in [-0.2, -0.15) is 11.8 Å². The number of rotatable bonds is 6. The second kappa shape index (κ2) is 9.16. The van der Waals surface area contributed by atoms with E-state index in [1.165, 1.54) is 37.0 Å². The van der Waals surface area contributed by atoms with Crippen LogP contribution in [0, 0.1) is 0 Å². The molecule has 1 unspecified atom stereocenters. The zero-order valence-corrected chi connectivity index (χ0v) is 15.4. The zero-order chi connectivity index (χ0) is 16.6. The van der Waals surface area contributed by atoms with Gasteiger partial charge in [-0.15, -0.1) is 0 Å². The van der Waals surface area contributed by atoms with Crippen LogP contribution >= 0.6 is 11.8 Å². The summed E-state index contributed by atoms with van der Waals surface area (Å²) in [5.74, 6) is 3.32. The van der Waals surface area contributed by atoms with Crippen molar-refractivity contribution in [2.75, 3.05) is 36.8 Å². The normalized spacial score (nSPS) is 21.3. The first-order chi connectivity index (χ1) is 11.8. The van der Waals surface area contributed by atoms with Gasteiger partial charge in [0.2, 0.25) is 0 Å². The number of pyridine rings is 1. The third-order valence-corrected chi connectivity index (χ3v) is 5.92. The van der Waals surface area contributed by atoms with E-state index in [1.54, 1.807) is 0 Å². The molecule has 132 valence electrons. The lowest BCUT2D eigenvalue weighted by atomic mass is 10.2. The van der Waals surface area contributed by atoms with Gasteiger partial charge in [-0.25, -0.2) is 9.98 Å². The summed E-state index contributed by atoms with van der Waals surface area (Å²) in [4.78, 5) is 11.6. The third-order valence-electron chi connectivity index (χ3n) is 4.53. The maximum absolute atomic E-state index is 4.75. The molecule has 0 saturated carbocycles. The zero-order valence-electron chi connectivity index (χ0n) is 14.6. The molecular weight excluding hydrogens is 318 g/mol. The van der Waals surface area contributed by atoms with E-state index in [0.29, 0.717) is 6.54 Å². The summed E-state index contributed by atoms with van der Waals surface area (Å²) in [5.41, 5.74) is 1.22. The highest BCUT2D eigenvalue weighted by Gasteiger charge is 2.16. The monoisotopic (exact) mass is 347 g/mol. The first kappa shape index (κ1) is 17.4. The van der Waals surface area contributed by atoms with E-state index >= 15 is 0 Å². The summed E-state index contributed by atoms with van der Waals surface area (Å²) in [7, 11) is 0. The number of aromatic nitrogens is 1. The van der Waals surface area contributed by atoms with Crippen LogP contribution in [0.1, 0.15) is 38.2 Å². The summed E-state index contributed by atoms with van der Waals surface area (Å²) < 4.78 is 0. The minimum absolute atomic E-state index is 0.691. The molecule has 2 aliphatic rings. The van der Waals surface area contributed by atoms with Crippen LogP contribution in [0.25, 0.3) is 0 Å². The quantitative estimate of drug-likeness (QED) is 0.612. The first-order valence-corrected chi connectivity index (χ1v) is 10.2. The number of guanidine groups is 1. The predicted molar refractivity (Wildman–Crippen MR) is 104 cm³/mol. The van der Waals surface area contributed by atoms with Crippen LogP contribution in [0.4, 0.5) is 5.82 Å². The Morgan fingerprint density at radius 1 is 1.33 bits per heavy atom. The topological polar surface area (TPSA) is 52.6 Å². The molecule has 2 N–H and O–H groups in total. The minimum Gasteiger partial charge on any atom is -0.357 e. The van der Waals surface area contributed by atoms with Crippen LogP contribution in [0.2, 0.25) is 0 Å². The maximum atomic E-state index is 4.75. The Kier molecular flexibility index (Phi) is 6.64. The Labute approximate surface area is 149 Å². The molecule has 0 spiro atoms. The van der Waals surface area contributed by atoms with Gasteiger partial charge in [-0.05, 0) is 56.1 Å². The Morgan fingerprint density at radius 2 is 2.21 bits per heavy atom. The summed E-state index contributed by atoms with van der Waals surface area (Å²) in [6.45, 7) is 6.95. The van der Waals surface area contributed by atoms with Crippen LogP contribution in [-0.2, 0) is 6.54 Å². The first-order valence-electron chi connectivity index (χ1n) is 9.19. The molecule has 0 aliphatic carbocycles. The summed E-state index contributed by atoms with van der Waals surface area (Å²) in [5, 5.41) is 7.58. The van der Waals surface area contributed by atoms with E-state index in [0.717, 1.165) is 43.2 Å². The lowest BCUT2D eigenvalue weighted by molar-refractivity contribution is 0.727. The highest BCUT2D eigenvalue weighted by Crippen LogP contribution is 2.25. The second-order valence-corrected chi connectivity index (χ2v) is 7.84. The van der Waals surface area contributed by atoms with Crippen LogP contribution in [0.5, 0.6) is 0 Å². The van der Waals surface area contributed by atoms with Crippen LogP contribution in [-0.4, -0.2) is 48.1 Å². The molecule has 1 aromatic rings. The number of nitrogens with zero attached hydrogens (tertiary/aromatic N) is 3. The summed E-state index contributed by atoms with van der Waals surface area (Å²) >= 11 is 2.07. The Hall–Kier alpha value is -1.43. The molecule has 3 rings (SSSR count). The lowest BCUT2D eigenvalue weighted by Crippen LogP contribution is -2.40. The van der Waals surface area contributed by atoms with E-state index in [-0.39, 0.29) is 0 Å². The second-order valence-electron chi connectivity index (χ2n) is 6.43. The number of hydrogen-bond acceptors (Lipinski definition) is 4. The molecular formula is C18H29N5S. The summed E-state index contributed by atoms with van der Waals surface area (Å²) in [6, 6.07) is 4.25. The lowest BCUT2D eigenvalue weighted by Gasteiger charge is -2.17. The minimum atomic E-state index is 0.691. The van der Waals surface area contributed by atoms with Gasteiger partial charge in [0, 0.05) is 37.6 Å².